The Labute approximate surface area is 233 Å². The van der Waals surface area contributed by atoms with Crippen LogP contribution >= 0.6 is 0 Å². The first-order valence-electron chi connectivity index (χ1n) is 13.5. The van der Waals surface area contributed by atoms with Gasteiger partial charge in [-0.2, -0.15) is 0 Å². The molecule has 2 fully saturated rings. The van der Waals surface area contributed by atoms with Gasteiger partial charge in [0.1, 0.15) is 0 Å². The van der Waals surface area contributed by atoms with Crippen molar-refractivity contribution in [1.29, 1.82) is 0 Å². The SMILES string of the molecule is C[C@@H]1CN(c2ccncc2NC(=O)c2nc3cc(N4CCN(C)CC4)ccc3cc2N)C[C@H](N)[C@H]1N(C)C(=O)O. The molecule has 6 N–H and O–H groups in total. The molecular weight excluding hydrogens is 510 g/mol. The number of nitrogens with two attached hydrogens (primary N) is 2. The van der Waals surface area contributed by atoms with Gasteiger partial charge in [-0.1, -0.05) is 13.0 Å². The lowest BCUT2D eigenvalue weighted by atomic mass is 9.89. The maximum Gasteiger partial charge on any atom is 0.407 e. The number of likely N-dealkylation sites (N-methyl/N-ethyl adjacent to an activating group) is 2. The molecule has 2 amide bonds. The minimum atomic E-state index is -1.01. The second-order valence-electron chi connectivity index (χ2n) is 10.9. The molecule has 3 atom stereocenters. The number of benzene rings is 1. The van der Waals surface area contributed by atoms with Crippen molar-refractivity contribution in [1.82, 2.24) is 19.8 Å². The predicted molar refractivity (Wildman–Crippen MR) is 157 cm³/mol. The quantitative estimate of drug-likeness (QED) is 0.372. The predicted octanol–water partition coefficient (Wildman–Crippen LogP) is 1.98. The van der Waals surface area contributed by atoms with Crippen molar-refractivity contribution in [3.63, 3.8) is 0 Å². The minimum absolute atomic E-state index is 0.0335. The number of aromatic nitrogens is 2. The van der Waals surface area contributed by atoms with Gasteiger partial charge in [-0.15, -0.1) is 0 Å². The molecule has 0 spiro atoms. The van der Waals surface area contributed by atoms with Gasteiger partial charge < -0.3 is 41.5 Å². The molecule has 1 aromatic carbocycles. The number of piperidine rings is 1. The monoisotopic (exact) mass is 547 g/mol. The molecule has 0 saturated carbocycles. The zero-order valence-electron chi connectivity index (χ0n) is 23.1. The molecule has 0 aliphatic carbocycles. The molecular formula is C28H37N9O3. The lowest BCUT2D eigenvalue weighted by Crippen LogP contribution is -2.62. The van der Waals surface area contributed by atoms with Crippen LogP contribution in [0.5, 0.6) is 0 Å². The molecule has 2 aromatic heterocycles. The number of fused-ring (bicyclic) bond motifs is 1. The number of nitrogens with one attached hydrogen (secondary N) is 1. The Morgan fingerprint density at radius 2 is 1.85 bits per heavy atom. The topological polar surface area (TPSA) is 157 Å². The van der Waals surface area contributed by atoms with E-state index < -0.39 is 18.0 Å². The Morgan fingerprint density at radius 3 is 2.55 bits per heavy atom. The van der Waals surface area contributed by atoms with E-state index in [1.165, 1.54) is 4.90 Å². The van der Waals surface area contributed by atoms with Crippen LogP contribution in [0.25, 0.3) is 10.9 Å². The van der Waals surface area contributed by atoms with Gasteiger partial charge in [0.2, 0.25) is 0 Å². The highest BCUT2D eigenvalue weighted by Crippen LogP contribution is 2.31. The molecule has 5 rings (SSSR count). The largest absolute Gasteiger partial charge is 0.465 e. The van der Waals surface area contributed by atoms with Gasteiger partial charge in [-0.3, -0.25) is 9.78 Å². The third kappa shape index (κ3) is 5.45. The summed E-state index contributed by atoms with van der Waals surface area (Å²) in [7, 11) is 3.67. The average Bonchev–Trinajstić information content (AvgIpc) is 2.92. The van der Waals surface area contributed by atoms with Crippen molar-refractivity contribution in [2.45, 2.75) is 19.0 Å². The van der Waals surface area contributed by atoms with Crippen molar-refractivity contribution < 1.29 is 14.7 Å². The smallest absolute Gasteiger partial charge is 0.407 e. The average molecular weight is 548 g/mol. The van der Waals surface area contributed by atoms with E-state index in [0.717, 1.165) is 42.9 Å². The van der Waals surface area contributed by atoms with Crippen molar-refractivity contribution in [3.05, 3.63) is 48.4 Å². The lowest BCUT2D eigenvalue weighted by molar-refractivity contribution is 0.102. The molecule has 2 aliphatic heterocycles. The number of carbonyl (C=O) groups excluding carboxylic acids is 1. The van der Waals surface area contributed by atoms with Gasteiger partial charge in [0, 0.05) is 69.6 Å². The van der Waals surface area contributed by atoms with Crippen LogP contribution in [-0.2, 0) is 0 Å². The Balaban J connectivity index is 1.37. The van der Waals surface area contributed by atoms with Crippen LogP contribution < -0.4 is 26.6 Å². The number of amides is 2. The number of anilines is 4. The summed E-state index contributed by atoms with van der Waals surface area (Å²) in [5, 5.41) is 13.3. The minimum Gasteiger partial charge on any atom is -0.465 e. The Morgan fingerprint density at radius 1 is 1.10 bits per heavy atom. The van der Waals surface area contributed by atoms with Crippen LogP contribution in [0.3, 0.4) is 0 Å². The number of carbonyl (C=O) groups is 2. The zero-order chi connectivity index (χ0) is 28.6. The lowest BCUT2D eigenvalue weighted by Gasteiger charge is -2.45. The standard InChI is InChI=1S/C28H37N9O3/c1-17-15-37(16-21(30)26(17)35(3)28(39)40)24-6-7-31-14-23(24)33-27(38)25-20(29)12-18-4-5-19(13-22(18)32-25)36-10-8-34(2)9-11-36/h4-7,12-14,17,21,26H,8-11,15-16,29-30H2,1-3H3,(H,33,38)(H,39,40)/t17-,21+,26+/m1/s1. The van der Waals surface area contributed by atoms with Crippen molar-refractivity contribution >= 4 is 45.7 Å². The second-order valence-corrected chi connectivity index (χ2v) is 10.9. The van der Waals surface area contributed by atoms with E-state index in [1.54, 1.807) is 25.5 Å². The van der Waals surface area contributed by atoms with Gasteiger partial charge in [-0.25, -0.2) is 9.78 Å². The van der Waals surface area contributed by atoms with Crippen LogP contribution in [0.15, 0.2) is 42.7 Å². The number of hydrogen-bond donors (Lipinski definition) is 4. The number of nitrogens with zero attached hydrogens (tertiary/aromatic N) is 6. The molecule has 12 heteroatoms. The van der Waals surface area contributed by atoms with Crippen molar-refractivity contribution in [3.8, 4) is 0 Å². The fraction of sp³-hybridized carbons (Fsp3) is 0.429. The highest BCUT2D eigenvalue weighted by atomic mass is 16.4. The Kier molecular flexibility index (Phi) is 7.63. The molecule has 0 radical (unpaired) electrons. The van der Waals surface area contributed by atoms with Crippen molar-refractivity contribution in [2.75, 3.05) is 74.2 Å². The van der Waals surface area contributed by atoms with Gasteiger partial charge >= 0.3 is 6.09 Å². The van der Waals surface area contributed by atoms with Gasteiger partial charge in [-0.05, 0) is 37.2 Å². The van der Waals surface area contributed by atoms with E-state index in [1.807, 2.05) is 25.1 Å². The number of piperazine rings is 1. The molecule has 2 saturated heterocycles. The molecule has 212 valence electrons. The summed E-state index contributed by atoms with van der Waals surface area (Å²) < 4.78 is 0. The van der Waals surface area contributed by atoms with E-state index in [9.17, 15) is 14.7 Å². The summed E-state index contributed by atoms with van der Waals surface area (Å²) in [5.74, 6) is -0.467. The number of pyridine rings is 2. The van der Waals surface area contributed by atoms with Gasteiger partial charge in [0.25, 0.3) is 5.91 Å². The second kappa shape index (κ2) is 11.1. The fourth-order valence-electron chi connectivity index (χ4n) is 5.86. The summed E-state index contributed by atoms with van der Waals surface area (Å²) in [6.07, 6.45) is 2.23. The molecule has 3 aromatic rings. The van der Waals surface area contributed by atoms with E-state index >= 15 is 0 Å². The molecule has 2 aliphatic rings. The number of nitrogen functional groups attached to an aromatic ring is 1. The summed E-state index contributed by atoms with van der Waals surface area (Å²) in [4.78, 5) is 41.9. The third-order valence-electron chi connectivity index (χ3n) is 8.01. The summed E-state index contributed by atoms with van der Waals surface area (Å²) in [6.45, 7) is 6.81. The fourth-order valence-corrected chi connectivity index (χ4v) is 5.86. The summed E-state index contributed by atoms with van der Waals surface area (Å²) in [6, 6.07) is 8.94. The molecule has 12 nitrogen and oxygen atoms in total. The van der Waals surface area contributed by atoms with Crippen LogP contribution in [-0.4, -0.2) is 102 Å². The maximum absolute atomic E-state index is 13.5. The van der Waals surface area contributed by atoms with Crippen LogP contribution in [0.1, 0.15) is 17.4 Å². The van der Waals surface area contributed by atoms with E-state index in [4.69, 9.17) is 11.5 Å². The summed E-state index contributed by atoms with van der Waals surface area (Å²) in [5.41, 5.74) is 16.2. The normalized spacial score (nSPS) is 21.9. The maximum atomic E-state index is 13.5. The molecule has 4 heterocycles. The third-order valence-corrected chi connectivity index (χ3v) is 8.01. The van der Waals surface area contributed by atoms with E-state index in [0.29, 0.717) is 24.3 Å². The molecule has 0 unspecified atom stereocenters. The number of hydrogen-bond acceptors (Lipinski definition) is 9. The van der Waals surface area contributed by atoms with Gasteiger partial charge in [0.05, 0.1) is 34.8 Å². The van der Waals surface area contributed by atoms with Crippen molar-refractivity contribution in [2.24, 2.45) is 11.7 Å². The van der Waals surface area contributed by atoms with E-state index in [-0.39, 0.29) is 23.3 Å². The first-order valence-corrected chi connectivity index (χ1v) is 13.5. The number of carboxylic acid groups (broad SMARTS) is 1. The highest BCUT2D eigenvalue weighted by molar-refractivity contribution is 6.09. The zero-order valence-corrected chi connectivity index (χ0v) is 23.1. The molecule has 0 bridgehead atoms. The number of rotatable bonds is 5. The van der Waals surface area contributed by atoms with Crippen LogP contribution in [0, 0.1) is 5.92 Å². The first-order chi connectivity index (χ1) is 19.1. The van der Waals surface area contributed by atoms with Gasteiger partial charge in [0.15, 0.2) is 5.69 Å². The Hall–Kier alpha value is -4.16. The van der Waals surface area contributed by atoms with Crippen LogP contribution in [0.4, 0.5) is 27.5 Å². The highest BCUT2D eigenvalue weighted by Gasteiger charge is 2.37. The first kappa shape index (κ1) is 27.4. The van der Waals surface area contributed by atoms with E-state index in [2.05, 4.69) is 43.1 Å². The Bertz CT molecular complexity index is 1400. The van der Waals surface area contributed by atoms with Crippen LogP contribution in [0.2, 0.25) is 0 Å². The summed E-state index contributed by atoms with van der Waals surface area (Å²) >= 11 is 0. The molecule has 40 heavy (non-hydrogen) atoms.